The Hall–Kier alpha value is -2.62. The van der Waals surface area contributed by atoms with Crippen LogP contribution in [0, 0.1) is 6.92 Å². The van der Waals surface area contributed by atoms with E-state index in [9.17, 15) is 4.79 Å². The van der Waals surface area contributed by atoms with Crippen molar-refractivity contribution in [1.29, 1.82) is 0 Å². The molecule has 9 heteroatoms. The molecule has 0 aliphatic rings. The molecule has 0 aliphatic carbocycles. The van der Waals surface area contributed by atoms with Crippen molar-refractivity contribution in [2.75, 3.05) is 13.7 Å². The Bertz CT molecular complexity index is 1190. The SMILES string of the molecule is COCCc1nsc(Sc2nc3ccccc3c(=O)n2-c2cc(C)ccn2)n1. The van der Waals surface area contributed by atoms with E-state index in [-0.39, 0.29) is 5.56 Å². The molecule has 3 heterocycles. The summed E-state index contributed by atoms with van der Waals surface area (Å²) in [7, 11) is 1.65. The molecule has 0 bridgehead atoms. The number of aromatic nitrogens is 5. The van der Waals surface area contributed by atoms with Gasteiger partial charge in [0.15, 0.2) is 9.50 Å². The summed E-state index contributed by atoms with van der Waals surface area (Å²) in [6, 6.07) is 11.1. The molecule has 4 rings (SSSR count). The van der Waals surface area contributed by atoms with Crippen molar-refractivity contribution in [3.05, 3.63) is 64.3 Å². The second-order valence-electron chi connectivity index (χ2n) is 6.06. The maximum absolute atomic E-state index is 13.2. The van der Waals surface area contributed by atoms with Crippen LogP contribution >= 0.6 is 23.3 Å². The average molecular weight is 412 g/mol. The van der Waals surface area contributed by atoms with E-state index in [1.165, 1.54) is 27.9 Å². The van der Waals surface area contributed by atoms with Gasteiger partial charge in [0.25, 0.3) is 5.56 Å². The zero-order valence-electron chi connectivity index (χ0n) is 15.3. The number of nitrogens with zero attached hydrogens (tertiary/aromatic N) is 5. The van der Waals surface area contributed by atoms with Crippen LogP contribution in [0.5, 0.6) is 0 Å². The molecule has 0 atom stereocenters. The van der Waals surface area contributed by atoms with Crippen LogP contribution in [0.15, 0.2) is 56.9 Å². The molecule has 4 aromatic rings. The van der Waals surface area contributed by atoms with Crippen LogP contribution in [0.3, 0.4) is 0 Å². The van der Waals surface area contributed by atoms with Crippen molar-refractivity contribution in [2.45, 2.75) is 22.8 Å². The second-order valence-corrected chi connectivity index (χ2v) is 8.03. The van der Waals surface area contributed by atoms with E-state index in [0.717, 1.165) is 15.7 Å². The molecule has 0 amide bonds. The number of aryl methyl sites for hydroxylation is 1. The second kappa shape index (κ2) is 8.17. The van der Waals surface area contributed by atoms with Gasteiger partial charge >= 0.3 is 0 Å². The minimum atomic E-state index is -0.157. The molecule has 0 unspecified atom stereocenters. The normalized spacial score (nSPS) is 11.2. The fraction of sp³-hybridized carbons (Fsp3) is 0.211. The topological polar surface area (TPSA) is 82.8 Å². The van der Waals surface area contributed by atoms with Gasteiger partial charge in [-0.1, -0.05) is 12.1 Å². The standard InChI is InChI=1S/C19H17N5O2S2/c1-12-7-9-20-16(11-12)24-17(25)13-5-3-4-6-14(13)21-18(24)27-19-22-15(23-28-19)8-10-26-2/h3-7,9,11H,8,10H2,1-2H3. The quantitative estimate of drug-likeness (QED) is 0.450. The van der Waals surface area contributed by atoms with Gasteiger partial charge in [-0.25, -0.2) is 19.5 Å². The molecule has 142 valence electrons. The first-order valence-corrected chi connectivity index (χ1v) is 10.2. The molecule has 7 nitrogen and oxygen atoms in total. The largest absolute Gasteiger partial charge is 0.384 e. The Morgan fingerprint density at radius 2 is 2.07 bits per heavy atom. The molecule has 0 radical (unpaired) electrons. The highest BCUT2D eigenvalue weighted by atomic mass is 32.2. The van der Waals surface area contributed by atoms with E-state index in [1.54, 1.807) is 19.4 Å². The number of pyridine rings is 1. The fourth-order valence-corrected chi connectivity index (χ4v) is 4.34. The Balaban J connectivity index is 1.83. The lowest BCUT2D eigenvalue weighted by Crippen LogP contribution is -2.22. The molecule has 0 saturated heterocycles. The number of ether oxygens (including phenoxy) is 1. The first kappa shape index (κ1) is 18.7. The maximum atomic E-state index is 13.2. The Morgan fingerprint density at radius 1 is 1.21 bits per heavy atom. The summed E-state index contributed by atoms with van der Waals surface area (Å²) in [5, 5.41) is 1.06. The smallest absolute Gasteiger partial charge is 0.267 e. The lowest BCUT2D eigenvalue weighted by molar-refractivity contribution is 0.200. The van der Waals surface area contributed by atoms with Crippen molar-refractivity contribution in [1.82, 2.24) is 23.9 Å². The van der Waals surface area contributed by atoms with Gasteiger partial charge < -0.3 is 4.74 Å². The van der Waals surface area contributed by atoms with Gasteiger partial charge in [0.1, 0.15) is 11.6 Å². The monoisotopic (exact) mass is 411 g/mol. The fourth-order valence-electron chi connectivity index (χ4n) is 2.68. The number of methoxy groups -OCH3 is 1. The van der Waals surface area contributed by atoms with Crippen LogP contribution in [0.4, 0.5) is 0 Å². The van der Waals surface area contributed by atoms with Gasteiger partial charge in [0.05, 0.1) is 17.5 Å². The van der Waals surface area contributed by atoms with Crippen molar-refractivity contribution < 1.29 is 4.74 Å². The summed E-state index contributed by atoms with van der Waals surface area (Å²) in [4.78, 5) is 26.8. The van der Waals surface area contributed by atoms with E-state index >= 15 is 0 Å². The number of fused-ring (bicyclic) bond motifs is 1. The van der Waals surface area contributed by atoms with E-state index in [4.69, 9.17) is 9.72 Å². The molecular weight excluding hydrogens is 394 g/mol. The lowest BCUT2D eigenvalue weighted by atomic mass is 10.2. The number of rotatable bonds is 6. The van der Waals surface area contributed by atoms with Gasteiger partial charge in [0.2, 0.25) is 0 Å². The minimum absolute atomic E-state index is 0.157. The molecule has 0 aliphatic heterocycles. The summed E-state index contributed by atoms with van der Waals surface area (Å²) < 4.78 is 11.7. The van der Waals surface area contributed by atoms with Crippen molar-refractivity contribution in [2.24, 2.45) is 0 Å². The van der Waals surface area contributed by atoms with Gasteiger partial charge in [-0.15, -0.1) is 0 Å². The minimum Gasteiger partial charge on any atom is -0.384 e. The Morgan fingerprint density at radius 3 is 2.89 bits per heavy atom. The first-order chi connectivity index (χ1) is 13.7. The summed E-state index contributed by atoms with van der Waals surface area (Å²) in [6.07, 6.45) is 2.33. The predicted octanol–water partition coefficient (Wildman–Crippen LogP) is 3.28. The molecule has 0 saturated carbocycles. The number of hydrogen-bond acceptors (Lipinski definition) is 8. The molecule has 0 N–H and O–H groups in total. The first-order valence-electron chi connectivity index (χ1n) is 8.60. The van der Waals surface area contributed by atoms with Gasteiger partial charge in [-0.3, -0.25) is 4.79 Å². The number of para-hydroxylation sites is 1. The van der Waals surface area contributed by atoms with Crippen LogP contribution < -0.4 is 5.56 Å². The summed E-state index contributed by atoms with van der Waals surface area (Å²) in [6.45, 7) is 2.53. The number of hydrogen-bond donors (Lipinski definition) is 0. The highest BCUT2D eigenvalue weighted by Gasteiger charge is 2.17. The maximum Gasteiger partial charge on any atom is 0.267 e. The van der Waals surface area contributed by atoms with E-state index in [0.29, 0.717) is 34.9 Å². The van der Waals surface area contributed by atoms with Gasteiger partial charge in [0, 0.05) is 19.7 Å². The zero-order chi connectivity index (χ0) is 19.5. The third-order valence-electron chi connectivity index (χ3n) is 4.03. The van der Waals surface area contributed by atoms with Crippen LogP contribution in [0.25, 0.3) is 16.7 Å². The molecule has 3 aromatic heterocycles. The van der Waals surface area contributed by atoms with Crippen LogP contribution in [0.1, 0.15) is 11.4 Å². The van der Waals surface area contributed by atoms with E-state index in [1.807, 2.05) is 37.3 Å². The third kappa shape index (κ3) is 3.82. The van der Waals surface area contributed by atoms with Crippen LogP contribution in [-0.4, -0.2) is 37.6 Å². The highest BCUT2D eigenvalue weighted by molar-refractivity contribution is 8.00. The van der Waals surface area contributed by atoms with Crippen molar-refractivity contribution in [3.8, 4) is 5.82 Å². The number of benzene rings is 1. The van der Waals surface area contributed by atoms with Crippen molar-refractivity contribution in [3.63, 3.8) is 0 Å². The summed E-state index contributed by atoms with van der Waals surface area (Å²) in [5.74, 6) is 1.26. The van der Waals surface area contributed by atoms with E-state index in [2.05, 4.69) is 14.3 Å². The molecule has 0 fully saturated rings. The van der Waals surface area contributed by atoms with Gasteiger partial charge in [-0.2, -0.15) is 4.37 Å². The molecule has 1 aromatic carbocycles. The Labute approximate surface area is 169 Å². The van der Waals surface area contributed by atoms with E-state index < -0.39 is 0 Å². The molecule has 28 heavy (non-hydrogen) atoms. The summed E-state index contributed by atoms with van der Waals surface area (Å²) >= 11 is 2.60. The zero-order valence-corrected chi connectivity index (χ0v) is 17.0. The Kier molecular flexibility index (Phi) is 5.47. The lowest BCUT2D eigenvalue weighted by Gasteiger charge is -2.11. The molecular formula is C19H17N5O2S2. The van der Waals surface area contributed by atoms with Gasteiger partial charge in [-0.05, 0) is 60.0 Å². The molecule has 0 spiro atoms. The predicted molar refractivity (Wildman–Crippen MR) is 109 cm³/mol. The summed E-state index contributed by atoms with van der Waals surface area (Å²) in [5.41, 5.74) is 1.50. The highest BCUT2D eigenvalue weighted by Crippen LogP contribution is 2.29. The van der Waals surface area contributed by atoms with Crippen molar-refractivity contribution >= 4 is 34.2 Å². The average Bonchev–Trinajstić information content (AvgIpc) is 3.14. The van der Waals surface area contributed by atoms with Crippen LogP contribution in [0.2, 0.25) is 0 Å². The van der Waals surface area contributed by atoms with Crippen LogP contribution in [-0.2, 0) is 11.2 Å². The third-order valence-corrected chi connectivity index (χ3v) is 5.78.